The average molecular weight is 289 g/mol. The molecule has 0 saturated heterocycles. The van der Waals surface area contributed by atoms with E-state index < -0.39 is 10.0 Å². The Morgan fingerprint density at radius 3 is 2.21 bits per heavy atom. The van der Waals surface area contributed by atoms with Gasteiger partial charge in [-0.25, -0.2) is 8.42 Å². The predicted octanol–water partition coefficient (Wildman–Crippen LogP) is -1.76. The van der Waals surface area contributed by atoms with Gasteiger partial charge in [-0.3, -0.25) is 0 Å². The molecule has 0 unspecified atom stereocenters. The molecule has 1 aromatic carbocycles. The van der Waals surface area contributed by atoms with E-state index in [2.05, 4.69) is 9.71 Å². The Hall–Kier alpha value is -1.12. The summed E-state index contributed by atoms with van der Waals surface area (Å²) in [4.78, 5) is 3.93. The van der Waals surface area contributed by atoms with E-state index in [4.69, 9.17) is 5.73 Å². The normalized spacial score (nSPS) is 9.89. The van der Waals surface area contributed by atoms with E-state index in [1.54, 1.807) is 12.1 Å². The number of hydrogen-bond acceptors (Lipinski definition) is 4. The van der Waals surface area contributed by atoms with E-state index in [0.29, 0.717) is 5.69 Å². The first kappa shape index (κ1) is 17.9. The van der Waals surface area contributed by atoms with E-state index in [1.165, 1.54) is 36.5 Å². The zero-order valence-electron chi connectivity index (χ0n) is 10.3. The number of hydrogen-bond donors (Lipinski definition) is 1. The Morgan fingerprint density at radius 2 is 1.68 bits per heavy atom. The van der Waals surface area contributed by atoms with Crippen molar-refractivity contribution in [3.05, 3.63) is 53.4 Å². The summed E-state index contributed by atoms with van der Waals surface area (Å²) in [5.41, 5.74) is 5.99. The molecule has 6 nitrogen and oxygen atoms in total. The summed E-state index contributed by atoms with van der Waals surface area (Å²) >= 11 is 0. The van der Waals surface area contributed by atoms with Crippen LogP contribution in [-0.2, 0) is 10.0 Å². The third-order valence-corrected chi connectivity index (χ3v) is 3.34. The van der Waals surface area contributed by atoms with Crippen LogP contribution < -0.4 is 35.3 Å². The van der Waals surface area contributed by atoms with Gasteiger partial charge in [-0.15, -0.1) is 0 Å². The molecule has 4 N–H and O–H groups in total. The van der Waals surface area contributed by atoms with Crippen LogP contribution >= 0.6 is 0 Å². The maximum Gasteiger partial charge on any atom is 1.00 e. The van der Waals surface area contributed by atoms with Crippen LogP contribution in [0.3, 0.4) is 0 Å². The van der Waals surface area contributed by atoms with Gasteiger partial charge in [0.25, 0.3) is 0 Å². The Morgan fingerprint density at radius 1 is 1.05 bits per heavy atom. The summed E-state index contributed by atoms with van der Waals surface area (Å²) in [6, 6.07) is 10.7. The van der Waals surface area contributed by atoms with Gasteiger partial charge in [-0.1, -0.05) is 24.4 Å². The second-order valence-corrected chi connectivity index (χ2v) is 4.93. The molecular weight excluding hydrogens is 277 g/mol. The van der Waals surface area contributed by atoms with E-state index in [1.807, 2.05) is 0 Å². The monoisotopic (exact) mass is 289 g/mol. The van der Waals surface area contributed by atoms with E-state index in [0.717, 1.165) is 0 Å². The Balaban J connectivity index is 0.00000162. The molecule has 96 valence electrons. The quantitative estimate of drug-likeness (QED) is 0.531. The molecule has 0 amide bonds. The summed E-state index contributed by atoms with van der Waals surface area (Å²) in [5, 5.41) is 0. The molecule has 0 saturated carbocycles. The van der Waals surface area contributed by atoms with Gasteiger partial charge < -0.3 is 20.9 Å². The van der Waals surface area contributed by atoms with E-state index in [9.17, 15) is 8.42 Å². The molecule has 0 bridgehead atoms. The van der Waals surface area contributed by atoms with Crippen molar-refractivity contribution in [2.24, 2.45) is 0 Å². The topological polar surface area (TPSA) is 119 Å². The summed E-state index contributed by atoms with van der Waals surface area (Å²) in [6.45, 7) is 0. The maximum atomic E-state index is 11.9. The number of nitrogen functional groups attached to an aromatic ring is 1. The van der Waals surface area contributed by atoms with Gasteiger partial charge in [0.1, 0.15) is 0 Å². The molecule has 0 radical (unpaired) electrons. The van der Waals surface area contributed by atoms with Gasteiger partial charge in [0.05, 0.1) is 4.90 Å². The van der Waals surface area contributed by atoms with Crippen molar-refractivity contribution >= 4 is 21.5 Å². The molecule has 2 aromatic rings. The Labute approximate surface area is 133 Å². The second kappa shape index (κ2) is 7.46. The summed E-state index contributed by atoms with van der Waals surface area (Å²) in [5.74, 6) is 0.157. The zero-order chi connectivity index (χ0) is 12.3. The standard InChI is InChI=1S/C11H10N3O2S.Na.H2O/c12-9-4-6-10(7-5-9)17(15,16)14-11-3-1-2-8-13-11;;/h1-8H,12H2;;1H2/q-1;+1;. The number of anilines is 1. The minimum absolute atomic E-state index is 0. The number of rotatable bonds is 3. The molecule has 0 aliphatic carbocycles. The average Bonchev–Trinajstić information content (AvgIpc) is 2.30. The minimum Gasteiger partial charge on any atom is -0.442 e. The van der Waals surface area contributed by atoms with Gasteiger partial charge in [0.2, 0.25) is 10.0 Å². The molecule has 0 aliphatic rings. The number of aromatic nitrogens is 1. The van der Waals surface area contributed by atoms with Crippen molar-refractivity contribution in [1.29, 1.82) is 0 Å². The fourth-order valence-electron chi connectivity index (χ4n) is 1.22. The molecule has 0 spiro atoms. The largest absolute Gasteiger partial charge is 1.00 e. The van der Waals surface area contributed by atoms with Gasteiger partial charge in [0.15, 0.2) is 0 Å². The van der Waals surface area contributed by atoms with Crippen LogP contribution in [0.5, 0.6) is 0 Å². The number of nitrogens with zero attached hydrogens (tertiary/aromatic N) is 2. The summed E-state index contributed by atoms with van der Waals surface area (Å²) in [7, 11) is -3.72. The van der Waals surface area contributed by atoms with Crippen molar-refractivity contribution in [3.8, 4) is 0 Å². The molecule has 1 aromatic heterocycles. The van der Waals surface area contributed by atoms with Crippen molar-refractivity contribution in [3.63, 3.8) is 0 Å². The molecule has 0 atom stereocenters. The molecule has 19 heavy (non-hydrogen) atoms. The molecule has 0 aliphatic heterocycles. The number of nitrogens with two attached hydrogens (primary N) is 1. The fourth-order valence-corrected chi connectivity index (χ4v) is 2.16. The van der Waals surface area contributed by atoms with Crippen LogP contribution in [0.25, 0.3) is 4.72 Å². The van der Waals surface area contributed by atoms with Crippen LogP contribution in [0.4, 0.5) is 11.5 Å². The number of benzene rings is 1. The first-order valence-corrected chi connectivity index (χ1v) is 6.26. The third-order valence-electron chi connectivity index (χ3n) is 2.04. The molecule has 2 rings (SSSR count). The first-order chi connectivity index (χ1) is 8.08. The SMILES string of the molecule is Nc1ccc(S(=O)(=O)[N-]c2ccccn2)cc1.O.[Na+]. The molecule has 8 heteroatoms. The van der Waals surface area contributed by atoms with Crippen LogP contribution in [-0.4, -0.2) is 18.9 Å². The van der Waals surface area contributed by atoms with E-state index >= 15 is 0 Å². The van der Waals surface area contributed by atoms with Gasteiger partial charge >= 0.3 is 29.6 Å². The molecule has 1 heterocycles. The van der Waals surface area contributed by atoms with Gasteiger partial charge in [-0.2, -0.15) is 0 Å². The molecular formula is C11H12N3NaO3S. The number of pyridine rings is 1. The van der Waals surface area contributed by atoms with Crippen LogP contribution in [0.2, 0.25) is 0 Å². The van der Waals surface area contributed by atoms with E-state index in [-0.39, 0.29) is 45.7 Å². The van der Waals surface area contributed by atoms with Gasteiger partial charge in [0, 0.05) is 5.69 Å². The second-order valence-electron chi connectivity index (χ2n) is 3.32. The summed E-state index contributed by atoms with van der Waals surface area (Å²) in [6.07, 6.45) is 1.48. The molecule has 0 fully saturated rings. The first-order valence-electron chi connectivity index (χ1n) is 4.82. The van der Waals surface area contributed by atoms with Crippen molar-refractivity contribution in [1.82, 2.24) is 4.98 Å². The van der Waals surface area contributed by atoms with Crippen molar-refractivity contribution < 1.29 is 43.5 Å². The Kier molecular flexibility index (Phi) is 7.02. The third kappa shape index (κ3) is 4.81. The zero-order valence-corrected chi connectivity index (χ0v) is 13.1. The maximum absolute atomic E-state index is 11.9. The van der Waals surface area contributed by atoms with Crippen molar-refractivity contribution in [2.45, 2.75) is 4.90 Å². The van der Waals surface area contributed by atoms with Gasteiger partial charge in [-0.05, 0) is 30.1 Å². The Bertz CT molecular complexity index is 603. The van der Waals surface area contributed by atoms with Crippen LogP contribution in [0, 0.1) is 0 Å². The fraction of sp³-hybridized carbons (Fsp3) is 0. The minimum atomic E-state index is -3.72. The van der Waals surface area contributed by atoms with Crippen LogP contribution in [0.15, 0.2) is 53.6 Å². The van der Waals surface area contributed by atoms with Crippen molar-refractivity contribution in [2.75, 3.05) is 5.73 Å². The number of sulfonamides is 1. The predicted molar refractivity (Wildman–Crippen MR) is 68.9 cm³/mol. The van der Waals surface area contributed by atoms with Crippen LogP contribution in [0.1, 0.15) is 0 Å². The summed E-state index contributed by atoms with van der Waals surface area (Å²) < 4.78 is 27.3. The smallest absolute Gasteiger partial charge is 0.442 e.